The molecule has 0 unspecified atom stereocenters. The molecule has 0 spiro atoms. The van der Waals surface area contributed by atoms with Gasteiger partial charge in [-0.15, -0.1) is 5.10 Å². The Morgan fingerprint density at radius 3 is 2.57 bits per heavy atom. The molecule has 1 N–H and O–H groups in total. The molecule has 1 saturated heterocycles. The Bertz CT molecular complexity index is 930. The highest BCUT2D eigenvalue weighted by molar-refractivity contribution is 6.35. The lowest BCUT2D eigenvalue weighted by Gasteiger charge is -2.34. The molecular weight excluding hydrogens is 452 g/mol. The van der Waals surface area contributed by atoms with E-state index in [1.165, 1.54) is 0 Å². The van der Waals surface area contributed by atoms with Crippen LogP contribution in [0.5, 0.6) is 0 Å². The SMILES string of the molecule is O=C(OC(=O)C(F)(F)F)c1n[nH]nc1COC1CCN(c2cc(Cl)ccc2Cl)CC1. The van der Waals surface area contributed by atoms with Crippen molar-refractivity contribution in [2.24, 2.45) is 0 Å². The fourth-order valence-electron chi connectivity index (χ4n) is 2.90. The predicted molar refractivity (Wildman–Crippen MR) is 99.3 cm³/mol. The fourth-order valence-corrected chi connectivity index (χ4v) is 3.30. The van der Waals surface area contributed by atoms with Crippen LogP contribution in [0.4, 0.5) is 18.9 Å². The van der Waals surface area contributed by atoms with E-state index in [4.69, 9.17) is 27.9 Å². The minimum absolute atomic E-state index is 0.0599. The number of alkyl halides is 3. The number of hydrogen-bond donors (Lipinski definition) is 1. The predicted octanol–water partition coefficient (Wildman–Crippen LogP) is 3.54. The van der Waals surface area contributed by atoms with Gasteiger partial charge in [0.1, 0.15) is 5.69 Å². The second kappa shape index (κ2) is 9.19. The molecule has 30 heavy (non-hydrogen) atoms. The Kier molecular flexibility index (Phi) is 6.84. The zero-order chi connectivity index (χ0) is 21.9. The maximum atomic E-state index is 12.2. The summed E-state index contributed by atoms with van der Waals surface area (Å²) < 4.78 is 46.2. The molecular formula is C17H15Cl2F3N4O4. The second-order valence-corrected chi connectivity index (χ2v) is 7.23. The third-order valence-corrected chi connectivity index (χ3v) is 4.93. The number of piperidine rings is 1. The van der Waals surface area contributed by atoms with Crippen LogP contribution < -0.4 is 4.90 Å². The van der Waals surface area contributed by atoms with Crippen LogP contribution in [-0.4, -0.2) is 52.7 Å². The van der Waals surface area contributed by atoms with E-state index >= 15 is 0 Å². The molecule has 1 aromatic carbocycles. The van der Waals surface area contributed by atoms with Gasteiger partial charge in [-0.1, -0.05) is 23.2 Å². The number of ether oxygens (including phenoxy) is 2. The number of rotatable bonds is 5. The number of carbonyl (C=O) groups excluding carboxylic acids is 2. The molecule has 1 aliphatic rings. The van der Waals surface area contributed by atoms with Crippen molar-refractivity contribution >= 4 is 40.8 Å². The highest BCUT2D eigenvalue weighted by Crippen LogP contribution is 2.31. The lowest BCUT2D eigenvalue weighted by atomic mass is 10.1. The second-order valence-electron chi connectivity index (χ2n) is 6.39. The summed E-state index contributed by atoms with van der Waals surface area (Å²) in [5.41, 5.74) is 0.213. The fraction of sp³-hybridized carbons (Fsp3) is 0.412. The first-order valence-electron chi connectivity index (χ1n) is 8.69. The summed E-state index contributed by atoms with van der Waals surface area (Å²) >= 11 is 12.2. The first-order chi connectivity index (χ1) is 14.1. The van der Waals surface area contributed by atoms with E-state index < -0.39 is 23.8 Å². The summed E-state index contributed by atoms with van der Waals surface area (Å²) in [7, 11) is 0. The van der Waals surface area contributed by atoms with E-state index in [-0.39, 0.29) is 18.4 Å². The van der Waals surface area contributed by atoms with E-state index in [9.17, 15) is 22.8 Å². The van der Waals surface area contributed by atoms with E-state index in [0.717, 1.165) is 5.69 Å². The maximum Gasteiger partial charge on any atom is 0.491 e. The molecule has 1 fully saturated rings. The number of H-pyrrole nitrogens is 1. The van der Waals surface area contributed by atoms with Crippen LogP contribution in [0.3, 0.4) is 0 Å². The summed E-state index contributed by atoms with van der Waals surface area (Å²) in [5, 5.41) is 10.4. The largest absolute Gasteiger partial charge is 0.491 e. The van der Waals surface area contributed by atoms with Gasteiger partial charge < -0.3 is 14.4 Å². The molecule has 2 heterocycles. The van der Waals surface area contributed by atoms with Gasteiger partial charge in [0.05, 0.1) is 23.4 Å². The van der Waals surface area contributed by atoms with Crippen molar-refractivity contribution in [2.45, 2.75) is 31.7 Å². The van der Waals surface area contributed by atoms with Gasteiger partial charge in [-0.3, -0.25) is 0 Å². The highest BCUT2D eigenvalue weighted by atomic mass is 35.5. The third kappa shape index (κ3) is 5.41. The number of aromatic nitrogens is 3. The molecule has 1 aromatic heterocycles. The van der Waals surface area contributed by atoms with Crippen LogP contribution in [0.25, 0.3) is 0 Å². The van der Waals surface area contributed by atoms with Crippen LogP contribution in [-0.2, 0) is 20.9 Å². The topological polar surface area (TPSA) is 97.4 Å². The van der Waals surface area contributed by atoms with Crippen LogP contribution in [0.1, 0.15) is 29.0 Å². The number of esters is 2. The molecule has 3 rings (SSSR count). The normalized spacial score (nSPS) is 15.3. The Morgan fingerprint density at radius 1 is 1.20 bits per heavy atom. The maximum absolute atomic E-state index is 12.2. The smallest absolute Gasteiger partial charge is 0.381 e. The van der Waals surface area contributed by atoms with Crippen LogP contribution in [0.2, 0.25) is 10.0 Å². The molecule has 0 saturated carbocycles. The third-order valence-electron chi connectivity index (χ3n) is 4.38. The van der Waals surface area contributed by atoms with Gasteiger partial charge in [0.2, 0.25) is 0 Å². The molecule has 13 heteroatoms. The summed E-state index contributed by atoms with van der Waals surface area (Å²) in [6.45, 7) is 1.08. The highest BCUT2D eigenvalue weighted by Gasteiger charge is 2.43. The number of nitrogens with one attached hydrogen (secondary N) is 1. The Labute approximate surface area is 178 Å². The lowest BCUT2D eigenvalue weighted by Crippen LogP contribution is -2.37. The van der Waals surface area contributed by atoms with Gasteiger partial charge in [0, 0.05) is 18.1 Å². The Hall–Kier alpha value is -2.37. The number of benzene rings is 1. The van der Waals surface area contributed by atoms with Crippen molar-refractivity contribution in [2.75, 3.05) is 18.0 Å². The van der Waals surface area contributed by atoms with Gasteiger partial charge in [-0.25, -0.2) is 9.59 Å². The molecule has 0 radical (unpaired) electrons. The number of aromatic amines is 1. The summed E-state index contributed by atoms with van der Waals surface area (Å²) in [6, 6.07) is 5.20. The van der Waals surface area contributed by atoms with E-state index in [2.05, 4.69) is 25.0 Å². The van der Waals surface area contributed by atoms with Crippen LogP contribution in [0.15, 0.2) is 18.2 Å². The summed E-state index contributed by atoms with van der Waals surface area (Å²) in [4.78, 5) is 24.6. The van der Waals surface area contributed by atoms with Gasteiger partial charge >= 0.3 is 18.1 Å². The van der Waals surface area contributed by atoms with Gasteiger partial charge in [0.15, 0.2) is 5.69 Å². The first-order valence-corrected chi connectivity index (χ1v) is 9.45. The molecule has 0 amide bonds. The van der Waals surface area contributed by atoms with Crippen molar-refractivity contribution in [3.8, 4) is 0 Å². The van der Waals surface area contributed by atoms with Gasteiger partial charge in [-0.05, 0) is 31.0 Å². The molecule has 0 atom stereocenters. The number of hydrogen-bond acceptors (Lipinski definition) is 7. The van der Waals surface area contributed by atoms with Crippen molar-refractivity contribution in [1.29, 1.82) is 0 Å². The lowest BCUT2D eigenvalue weighted by molar-refractivity contribution is -0.193. The number of carbonyl (C=O) groups is 2. The first kappa shape index (κ1) is 22.3. The van der Waals surface area contributed by atoms with Crippen molar-refractivity contribution in [3.05, 3.63) is 39.6 Å². The molecule has 1 aliphatic heterocycles. The van der Waals surface area contributed by atoms with Crippen molar-refractivity contribution in [1.82, 2.24) is 15.4 Å². The summed E-state index contributed by atoms with van der Waals surface area (Å²) in [6.07, 6.45) is -4.22. The molecule has 2 aromatic rings. The van der Waals surface area contributed by atoms with Crippen LogP contribution >= 0.6 is 23.2 Å². The number of halogens is 5. The minimum atomic E-state index is -5.30. The summed E-state index contributed by atoms with van der Waals surface area (Å²) in [5.74, 6) is -4.19. The Morgan fingerprint density at radius 2 is 1.90 bits per heavy atom. The monoisotopic (exact) mass is 466 g/mol. The van der Waals surface area contributed by atoms with Gasteiger partial charge in [0.25, 0.3) is 0 Å². The van der Waals surface area contributed by atoms with E-state index in [1.54, 1.807) is 18.2 Å². The standard InChI is InChI=1S/C17H15Cl2F3N4O4/c18-9-1-2-11(19)13(7-9)26-5-3-10(4-6-26)29-8-12-14(24-25-23-12)15(27)30-16(28)17(20,21)22/h1-2,7,10H,3-6,8H2,(H,23,24,25). The zero-order valence-corrected chi connectivity index (χ0v) is 16.7. The quantitative estimate of drug-likeness (QED) is 0.531. The van der Waals surface area contributed by atoms with Gasteiger partial charge in [-0.2, -0.15) is 23.5 Å². The van der Waals surface area contributed by atoms with E-state index in [0.29, 0.717) is 36.0 Å². The minimum Gasteiger partial charge on any atom is -0.381 e. The van der Waals surface area contributed by atoms with E-state index in [1.807, 2.05) is 0 Å². The average Bonchev–Trinajstić information content (AvgIpc) is 3.17. The Balaban J connectivity index is 1.53. The average molecular weight is 467 g/mol. The molecule has 0 aliphatic carbocycles. The van der Waals surface area contributed by atoms with Crippen LogP contribution in [0, 0.1) is 0 Å². The van der Waals surface area contributed by atoms with Crippen molar-refractivity contribution in [3.63, 3.8) is 0 Å². The van der Waals surface area contributed by atoms with Crippen molar-refractivity contribution < 1.29 is 32.2 Å². The molecule has 162 valence electrons. The molecule has 8 nitrogen and oxygen atoms in total. The number of anilines is 1. The number of nitrogens with zero attached hydrogens (tertiary/aromatic N) is 3. The molecule has 0 bridgehead atoms. The zero-order valence-electron chi connectivity index (χ0n) is 15.2.